The number of amides is 1. The van der Waals surface area contributed by atoms with Gasteiger partial charge in [-0.3, -0.25) is 9.69 Å². The summed E-state index contributed by atoms with van der Waals surface area (Å²) in [6.45, 7) is 13.8. The zero-order valence-electron chi connectivity index (χ0n) is 24.9. The van der Waals surface area contributed by atoms with Crippen molar-refractivity contribution in [3.63, 3.8) is 0 Å². The van der Waals surface area contributed by atoms with Gasteiger partial charge in [0.1, 0.15) is 5.75 Å². The van der Waals surface area contributed by atoms with E-state index in [4.69, 9.17) is 19.6 Å². The summed E-state index contributed by atoms with van der Waals surface area (Å²) in [5, 5.41) is 3.04. The lowest BCUT2D eigenvalue weighted by Gasteiger charge is -2.36. The summed E-state index contributed by atoms with van der Waals surface area (Å²) in [5.74, 6) is 2.00. The molecule has 1 aliphatic heterocycles. The van der Waals surface area contributed by atoms with Gasteiger partial charge in [0, 0.05) is 31.0 Å². The second kappa shape index (κ2) is 11.9. The number of nitrogen functional groups attached to an aromatic ring is 1. The standard InChI is InChI=1S/C32H43N3O4Si/c1-32(2,3)40(6,7)39-26-12-13-28(33)27(20-26)31(36)34-25-10-8-22(9-11-25)14-16-35-17-15-23-18-29(37-4)30(38-5)19-24(23)21-35/h8-13,18-20H,14-17,21,33H2,1-7H3,(H,34,36). The number of fused-ring (bicyclic) bond motifs is 1. The van der Waals surface area contributed by atoms with Crippen LogP contribution in [-0.4, -0.2) is 46.4 Å². The summed E-state index contributed by atoms with van der Waals surface area (Å²) in [6.07, 6.45) is 1.92. The Morgan fingerprint density at radius 1 is 0.975 bits per heavy atom. The van der Waals surface area contributed by atoms with Crippen molar-refractivity contribution in [3.05, 3.63) is 76.9 Å². The van der Waals surface area contributed by atoms with Crippen molar-refractivity contribution >= 4 is 25.6 Å². The zero-order chi connectivity index (χ0) is 29.1. The van der Waals surface area contributed by atoms with Crippen LogP contribution in [0, 0.1) is 0 Å². The molecule has 0 spiro atoms. The smallest absolute Gasteiger partial charge is 0.257 e. The van der Waals surface area contributed by atoms with Gasteiger partial charge in [-0.05, 0) is 90.1 Å². The highest BCUT2D eigenvalue weighted by Crippen LogP contribution is 2.38. The summed E-state index contributed by atoms with van der Waals surface area (Å²) >= 11 is 0. The van der Waals surface area contributed by atoms with Crippen molar-refractivity contribution in [2.24, 2.45) is 0 Å². The highest BCUT2D eigenvalue weighted by atomic mass is 28.4. The van der Waals surface area contributed by atoms with Gasteiger partial charge in [-0.25, -0.2) is 0 Å². The van der Waals surface area contributed by atoms with Crippen LogP contribution in [0.25, 0.3) is 0 Å². The van der Waals surface area contributed by atoms with E-state index in [1.165, 1.54) is 16.7 Å². The molecule has 0 atom stereocenters. The average molecular weight is 562 g/mol. The molecule has 1 aliphatic rings. The molecule has 1 amide bonds. The van der Waals surface area contributed by atoms with Crippen LogP contribution in [-0.2, 0) is 19.4 Å². The fourth-order valence-corrected chi connectivity index (χ4v) is 5.64. The summed E-state index contributed by atoms with van der Waals surface area (Å²) in [4.78, 5) is 15.6. The minimum atomic E-state index is -2.03. The van der Waals surface area contributed by atoms with Crippen molar-refractivity contribution in [2.75, 3.05) is 38.4 Å². The number of nitrogens with zero attached hydrogens (tertiary/aromatic N) is 1. The molecule has 0 radical (unpaired) electrons. The molecule has 0 saturated carbocycles. The maximum Gasteiger partial charge on any atom is 0.257 e. The quantitative estimate of drug-likeness (QED) is 0.228. The number of nitrogens with two attached hydrogens (primary N) is 1. The SMILES string of the molecule is COc1cc2c(cc1OC)CN(CCc1ccc(NC(=O)c3cc(O[Si](C)(C)C(C)(C)C)ccc3N)cc1)CC2. The van der Waals surface area contributed by atoms with E-state index in [1.807, 2.05) is 18.2 Å². The highest BCUT2D eigenvalue weighted by molar-refractivity contribution is 6.74. The molecule has 0 aliphatic carbocycles. The predicted molar refractivity (Wildman–Crippen MR) is 165 cm³/mol. The number of ether oxygens (including phenoxy) is 2. The minimum Gasteiger partial charge on any atom is -0.543 e. The molecule has 0 unspecified atom stereocenters. The molecule has 3 aromatic carbocycles. The maximum absolute atomic E-state index is 13.1. The first-order valence-corrected chi connectivity index (χ1v) is 16.8. The number of nitrogens with one attached hydrogen (secondary N) is 1. The minimum absolute atomic E-state index is 0.0543. The Labute approximate surface area is 239 Å². The van der Waals surface area contributed by atoms with Crippen molar-refractivity contribution < 1.29 is 18.7 Å². The molecule has 1 heterocycles. The van der Waals surface area contributed by atoms with Gasteiger partial charge >= 0.3 is 0 Å². The first kappa shape index (κ1) is 29.5. The van der Waals surface area contributed by atoms with E-state index in [2.05, 4.69) is 68.3 Å². The number of methoxy groups -OCH3 is 2. The highest BCUT2D eigenvalue weighted by Gasteiger charge is 2.39. The van der Waals surface area contributed by atoms with Crippen LogP contribution in [0.1, 0.15) is 47.8 Å². The van der Waals surface area contributed by atoms with Crippen molar-refractivity contribution in [2.45, 2.75) is 58.3 Å². The number of hydrogen-bond donors (Lipinski definition) is 2. The van der Waals surface area contributed by atoms with E-state index in [0.29, 0.717) is 17.0 Å². The van der Waals surface area contributed by atoms with E-state index in [1.54, 1.807) is 26.4 Å². The molecule has 0 saturated heterocycles. The van der Waals surface area contributed by atoms with Crippen LogP contribution in [0.3, 0.4) is 0 Å². The third-order valence-electron chi connectivity index (χ3n) is 8.17. The second-order valence-electron chi connectivity index (χ2n) is 12.0. The van der Waals surface area contributed by atoms with Crippen molar-refractivity contribution in [1.82, 2.24) is 4.90 Å². The number of rotatable bonds is 9. The van der Waals surface area contributed by atoms with Crippen LogP contribution in [0.15, 0.2) is 54.6 Å². The third kappa shape index (κ3) is 6.80. The number of carbonyl (C=O) groups excluding carboxylic acids is 1. The van der Waals surface area contributed by atoms with Gasteiger partial charge in [-0.15, -0.1) is 0 Å². The van der Waals surface area contributed by atoms with Crippen LogP contribution >= 0.6 is 0 Å². The van der Waals surface area contributed by atoms with Crippen LogP contribution in [0.5, 0.6) is 17.2 Å². The molecular weight excluding hydrogens is 518 g/mol. The van der Waals surface area contributed by atoms with E-state index >= 15 is 0 Å². The molecule has 3 N–H and O–H groups in total. The summed E-state index contributed by atoms with van der Waals surface area (Å²) < 4.78 is 17.3. The van der Waals surface area contributed by atoms with Crippen LogP contribution in [0.2, 0.25) is 18.1 Å². The molecule has 8 heteroatoms. The summed E-state index contributed by atoms with van der Waals surface area (Å²) in [6, 6.07) is 17.6. The molecule has 4 rings (SSSR count). The fraction of sp³-hybridized carbons (Fsp3) is 0.406. The number of carbonyl (C=O) groups is 1. The molecule has 0 bridgehead atoms. The largest absolute Gasteiger partial charge is 0.543 e. The molecule has 3 aromatic rings. The Bertz CT molecular complexity index is 1350. The Hall–Kier alpha value is -3.49. The van der Waals surface area contributed by atoms with Crippen molar-refractivity contribution in [1.29, 1.82) is 0 Å². The average Bonchev–Trinajstić information content (AvgIpc) is 2.92. The van der Waals surface area contributed by atoms with E-state index in [0.717, 1.165) is 49.7 Å². The monoisotopic (exact) mass is 561 g/mol. The predicted octanol–water partition coefficient (Wildman–Crippen LogP) is 6.52. The van der Waals surface area contributed by atoms with Crippen LogP contribution in [0.4, 0.5) is 11.4 Å². The fourth-order valence-electron chi connectivity index (χ4n) is 4.62. The Kier molecular flexibility index (Phi) is 8.80. The van der Waals surface area contributed by atoms with Gasteiger partial charge in [0.05, 0.1) is 19.8 Å². The van der Waals surface area contributed by atoms with E-state index in [-0.39, 0.29) is 10.9 Å². The Morgan fingerprint density at radius 2 is 1.62 bits per heavy atom. The molecule has 0 aromatic heterocycles. The molecule has 0 fully saturated rings. The first-order chi connectivity index (χ1) is 18.9. The normalized spacial score (nSPS) is 13.9. The van der Waals surface area contributed by atoms with Gasteiger partial charge in [-0.1, -0.05) is 32.9 Å². The van der Waals surface area contributed by atoms with E-state index < -0.39 is 8.32 Å². The summed E-state index contributed by atoms with van der Waals surface area (Å²) in [7, 11) is 1.32. The Morgan fingerprint density at radius 3 is 2.25 bits per heavy atom. The number of anilines is 2. The molecule has 40 heavy (non-hydrogen) atoms. The lowest BCUT2D eigenvalue weighted by atomic mass is 9.98. The zero-order valence-corrected chi connectivity index (χ0v) is 25.9. The molecule has 7 nitrogen and oxygen atoms in total. The van der Waals surface area contributed by atoms with Crippen LogP contribution < -0.4 is 25.0 Å². The van der Waals surface area contributed by atoms with Crippen molar-refractivity contribution in [3.8, 4) is 17.2 Å². The van der Waals surface area contributed by atoms with Gasteiger partial charge in [0.15, 0.2) is 11.5 Å². The maximum atomic E-state index is 13.1. The molecular formula is C32H43N3O4Si. The Balaban J connectivity index is 1.35. The summed E-state index contributed by atoms with van der Waals surface area (Å²) in [5.41, 5.74) is 11.6. The lowest BCUT2D eigenvalue weighted by Crippen LogP contribution is -2.43. The van der Waals surface area contributed by atoms with Gasteiger partial charge in [-0.2, -0.15) is 0 Å². The van der Waals surface area contributed by atoms with Gasteiger partial charge in [0.25, 0.3) is 5.91 Å². The number of benzene rings is 3. The topological polar surface area (TPSA) is 86.0 Å². The van der Waals surface area contributed by atoms with Gasteiger partial charge in [0.2, 0.25) is 8.32 Å². The molecule has 214 valence electrons. The second-order valence-corrected chi connectivity index (χ2v) is 16.7. The van der Waals surface area contributed by atoms with E-state index in [9.17, 15) is 4.79 Å². The third-order valence-corrected chi connectivity index (χ3v) is 12.5. The first-order valence-electron chi connectivity index (χ1n) is 13.8. The number of hydrogen-bond acceptors (Lipinski definition) is 6. The lowest BCUT2D eigenvalue weighted by molar-refractivity contribution is 0.102. The van der Waals surface area contributed by atoms with Gasteiger partial charge < -0.3 is 25.0 Å².